The Kier molecular flexibility index (Phi) is 3.78. The average molecular weight is 163 g/mol. The van der Waals surface area contributed by atoms with Crippen molar-refractivity contribution in [2.75, 3.05) is 0 Å². The molecule has 1 aromatic rings. The van der Waals surface area contributed by atoms with Crippen molar-refractivity contribution in [2.45, 2.75) is 39.5 Å². The molecular weight excluding hydrogens is 146 g/mol. The lowest BCUT2D eigenvalue weighted by Gasteiger charge is -2.04. The van der Waals surface area contributed by atoms with Crippen LogP contribution in [0.1, 0.15) is 37.9 Å². The molecule has 0 fully saturated rings. The van der Waals surface area contributed by atoms with E-state index in [-0.39, 0.29) is 0 Å². The van der Waals surface area contributed by atoms with E-state index in [1.165, 1.54) is 30.5 Å². The monoisotopic (exact) mass is 163 g/mol. The molecule has 0 aromatic carbocycles. The molecule has 66 valence electrons. The molecule has 0 saturated heterocycles. The van der Waals surface area contributed by atoms with Crippen LogP contribution in [0.15, 0.2) is 18.3 Å². The first kappa shape index (κ1) is 9.24. The second-order valence-electron chi connectivity index (χ2n) is 3.07. The maximum atomic E-state index is 4.35. The van der Waals surface area contributed by atoms with Gasteiger partial charge in [0, 0.05) is 11.9 Å². The molecule has 0 bridgehead atoms. The van der Waals surface area contributed by atoms with E-state index in [0.29, 0.717) is 0 Å². The predicted molar refractivity (Wildman–Crippen MR) is 52.2 cm³/mol. The highest BCUT2D eigenvalue weighted by Gasteiger charge is 1.98. The van der Waals surface area contributed by atoms with Crippen molar-refractivity contribution < 1.29 is 0 Å². The van der Waals surface area contributed by atoms with Gasteiger partial charge < -0.3 is 0 Å². The highest BCUT2D eigenvalue weighted by Crippen LogP contribution is 2.09. The van der Waals surface area contributed by atoms with Crippen LogP contribution in [0.4, 0.5) is 0 Å². The number of aryl methyl sites for hydroxylation is 2. The van der Waals surface area contributed by atoms with Crippen LogP contribution in [0.5, 0.6) is 0 Å². The maximum Gasteiger partial charge on any atom is 0.0432 e. The Morgan fingerprint density at radius 2 is 2.17 bits per heavy atom. The van der Waals surface area contributed by atoms with Gasteiger partial charge in [0.25, 0.3) is 0 Å². The van der Waals surface area contributed by atoms with Crippen molar-refractivity contribution in [3.05, 3.63) is 29.6 Å². The number of unbranched alkanes of at least 4 members (excludes halogenated alkanes) is 1. The van der Waals surface area contributed by atoms with Gasteiger partial charge in [0.05, 0.1) is 0 Å². The summed E-state index contributed by atoms with van der Waals surface area (Å²) in [6.07, 6.45) is 6.67. The summed E-state index contributed by atoms with van der Waals surface area (Å²) in [6, 6.07) is 4.23. The van der Waals surface area contributed by atoms with Gasteiger partial charge in [-0.2, -0.15) is 0 Å². The molecule has 0 atom stereocenters. The van der Waals surface area contributed by atoms with E-state index in [1.54, 1.807) is 0 Å². The second-order valence-corrected chi connectivity index (χ2v) is 3.07. The van der Waals surface area contributed by atoms with Crippen molar-refractivity contribution in [1.29, 1.82) is 0 Å². The molecule has 1 heterocycles. The second kappa shape index (κ2) is 4.91. The molecular formula is C11H17N. The molecule has 0 N–H and O–H groups in total. The van der Waals surface area contributed by atoms with E-state index in [1.807, 2.05) is 12.3 Å². The minimum atomic E-state index is 1.06. The van der Waals surface area contributed by atoms with Crippen LogP contribution in [0.3, 0.4) is 0 Å². The van der Waals surface area contributed by atoms with Gasteiger partial charge in [-0.05, 0) is 30.9 Å². The van der Waals surface area contributed by atoms with Crippen LogP contribution in [-0.2, 0) is 12.8 Å². The Morgan fingerprint density at radius 3 is 2.83 bits per heavy atom. The Labute approximate surface area is 74.8 Å². The lowest BCUT2D eigenvalue weighted by molar-refractivity contribution is 0.780. The van der Waals surface area contributed by atoms with Crippen molar-refractivity contribution in [3.8, 4) is 0 Å². The molecule has 0 unspecified atom stereocenters. The third-order valence-corrected chi connectivity index (χ3v) is 2.12. The minimum absolute atomic E-state index is 1.06. The highest BCUT2D eigenvalue weighted by atomic mass is 14.7. The summed E-state index contributed by atoms with van der Waals surface area (Å²) in [6.45, 7) is 4.39. The zero-order valence-corrected chi connectivity index (χ0v) is 8.01. The molecule has 0 amide bonds. The molecule has 1 nitrogen and oxygen atoms in total. The average Bonchev–Trinajstić information content (AvgIpc) is 2.15. The molecule has 0 aliphatic carbocycles. The van der Waals surface area contributed by atoms with Crippen molar-refractivity contribution >= 4 is 0 Å². The number of nitrogens with zero attached hydrogens (tertiary/aromatic N) is 1. The minimum Gasteiger partial charge on any atom is -0.261 e. The number of hydrogen-bond acceptors (Lipinski definition) is 1. The van der Waals surface area contributed by atoms with E-state index in [4.69, 9.17) is 0 Å². The fourth-order valence-electron chi connectivity index (χ4n) is 1.38. The van der Waals surface area contributed by atoms with E-state index in [9.17, 15) is 0 Å². The fourth-order valence-corrected chi connectivity index (χ4v) is 1.38. The molecule has 1 heteroatoms. The van der Waals surface area contributed by atoms with Crippen molar-refractivity contribution in [2.24, 2.45) is 0 Å². The lowest BCUT2D eigenvalue weighted by Crippen LogP contribution is -1.95. The first-order valence-corrected chi connectivity index (χ1v) is 4.81. The Hall–Kier alpha value is -0.850. The summed E-state index contributed by atoms with van der Waals surface area (Å²) in [5, 5.41) is 0. The topological polar surface area (TPSA) is 12.9 Å². The van der Waals surface area contributed by atoms with Crippen LogP contribution in [0.2, 0.25) is 0 Å². The van der Waals surface area contributed by atoms with Crippen molar-refractivity contribution in [3.63, 3.8) is 0 Å². The largest absolute Gasteiger partial charge is 0.261 e. The summed E-state index contributed by atoms with van der Waals surface area (Å²) in [7, 11) is 0. The highest BCUT2D eigenvalue weighted by molar-refractivity contribution is 5.19. The zero-order chi connectivity index (χ0) is 8.81. The van der Waals surface area contributed by atoms with Crippen LogP contribution >= 0.6 is 0 Å². The van der Waals surface area contributed by atoms with Crippen LogP contribution in [0.25, 0.3) is 0 Å². The molecule has 0 aliphatic heterocycles. The SMILES string of the molecule is CCCCc1cccnc1CC. The number of rotatable bonds is 4. The summed E-state index contributed by atoms with van der Waals surface area (Å²) in [5.41, 5.74) is 2.70. The molecule has 12 heavy (non-hydrogen) atoms. The van der Waals surface area contributed by atoms with E-state index < -0.39 is 0 Å². The van der Waals surface area contributed by atoms with E-state index in [2.05, 4.69) is 24.9 Å². The molecule has 1 aromatic heterocycles. The maximum absolute atomic E-state index is 4.35. The first-order valence-electron chi connectivity index (χ1n) is 4.81. The fraction of sp³-hybridized carbons (Fsp3) is 0.545. The molecule has 0 spiro atoms. The third-order valence-electron chi connectivity index (χ3n) is 2.12. The van der Waals surface area contributed by atoms with Gasteiger partial charge in [0.15, 0.2) is 0 Å². The van der Waals surface area contributed by atoms with E-state index in [0.717, 1.165) is 6.42 Å². The standard InChI is InChI=1S/C11H17N/c1-3-5-7-10-8-6-9-12-11(10)4-2/h6,8-9H,3-5,7H2,1-2H3. The summed E-state index contributed by atoms with van der Waals surface area (Å²) in [4.78, 5) is 4.35. The van der Waals surface area contributed by atoms with Crippen LogP contribution in [-0.4, -0.2) is 4.98 Å². The number of pyridine rings is 1. The number of hydrogen-bond donors (Lipinski definition) is 0. The Balaban J connectivity index is 2.68. The van der Waals surface area contributed by atoms with Gasteiger partial charge >= 0.3 is 0 Å². The quantitative estimate of drug-likeness (QED) is 0.665. The first-order chi connectivity index (χ1) is 5.88. The summed E-state index contributed by atoms with van der Waals surface area (Å²) < 4.78 is 0. The molecule has 0 aliphatic rings. The Bertz CT molecular complexity index is 230. The van der Waals surface area contributed by atoms with Gasteiger partial charge in [-0.25, -0.2) is 0 Å². The van der Waals surface area contributed by atoms with Crippen molar-refractivity contribution in [1.82, 2.24) is 4.98 Å². The molecule has 0 saturated carbocycles. The third kappa shape index (κ3) is 2.33. The smallest absolute Gasteiger partial charge is 0.0432 e. The van der Waals surface area contributed by atoms with Gasteiger partial charge in [-0.1, -0.05) is 26.3 Å². The predicted octanol–water partition coefficient (Wildman–Crippen LogP) is 2.99. The van der Waals surface area contributed by atoms with Crippen LogP contribution < -0.4 is 0 Å². The zero-order valence-electron chi connectivity index (χ0n) is 8.01. The Morgan fingerprint density at radius 1 is 1.33 bits per heavy atom. The van der Waals surface area contributed by atoms with Gasteiger partial charge in [-0.3, -0.25) is 4.98 Å². The molecule has 0 radical (unpaired) electrons. The summed E-state index contributed by atoms with van der Waals surface area (Å²) >= 11 is 0. The molecule has 1 rings (SSSR count). The number of aromatic nitrogens is 1. The van der Waals surface area contributed by atoms with Gasteiger partial charge in [0.2, 0.25) is 0 Å². The van der Waals surface area contributed by atoms with Gasteiger partial charge in [0.1, 0.15) is 0 Å². The van der Waals surface area contributed by atoms with Gasteiger partial charge in [-0.15, -0.1) is 0 Å². The summed E-state index contributed by atoms with van der Waals surface area (Å²) in [5.74, 6) is 0. The van der Waals surface area contributed by atoms with Crippen LogP contribution in [0, 0.1) is 0 Å². The normalized spacial score (nSPS) is 10.2. The lowest BCUT2D eigenvalue weighted by atomic mass is 10.1. The van der Waals surface area contributed by atoms with E-state index >= 15 is 0 Å².